The van der Waals surface area contributed by atoms with E-state index in [1.165, 1.54) is 78.0 Å². The molecule has 40 heavy (non-hydrogen) atoms. The van der Waals surface area contributed by atoms with Gasteiger partial charge in [0.2, 0.25) is 0 Å². The third-order valence-corrected chi connectivity index (χ3v) is 16.9. The van der Waals surface area contributed by atoms with Gasteiger partial charge in [-0.1, -0.05) is 0 Å². The molecule has 6 aromatic heterocycles. The molecule has 10 rings (SSSR count). The monoisotopic (exact) mass is 844 g/mol. The van der Waals surface area contributed by atoms with Gasteiger partial charge in [0.05, 0.1) is 0 Å². The molecule has 4 aromatic carbocycles. The zero-order chi connectivity index (χ0) is 26.5. The van der Waals surface area contributed by atoms with E-state index in [0.717, 1.165) is 0 Å². The van der Waals surface area contributed by atoms with Gasteiger partial charge in [0.15, 0.2) is 0 Å². The van der Waals surface area contributed by atoms with Crippen LogP contribution in [0.25, 0.3) is 78.9 Å². The Morgan fingerprint density at radius 3 is 1.23 bits per heavy atom. The predicted octanol–water partition coefficient (Wildman–Crippen LogP) is 12.5. The van der Waals surface area contributed by atoms with E-state index < -0.39 is 0 Å². The second-order valence-corrected chi connectivity index (χ2v) is 21.1. The molecule has 0 saturated heterocycles. The van der Waals surface area contributed by atoms with Crippen LogP contribution in [0.2, 0.25) is 0 Å². The van der Waals surface area contributed by atoms with E-state index in [4.69, 9.17) is 0 Å². The summed E-state index contributed by atoms with van der Waals surface area (Å²) in [5.41, 5.74) is 0. The summed E-state index contributed by atoms with van der Waals surface area (Å²) in [6, 6.07) is 28.0. The van der Waals surface area contributed by atoms with Gasteiger partial charge >= 0.3 is 276 Å². The van der Waals surface area contributed by atoms with E-state index >= 15 is 0 Å². The average molecular weight is 844 g/mol. The Labute approximate surface area is 273 Å². The molecule has 192 valence electrons. The van der Waals surface area contributed by atoms with Gasteiger partial charge in [-0.25, -0.2) is 0 Å². The second-order valence-electron chi connectivity index (χ2n) is 9.69. The van der Waals surface area contributed by atoms with Crippen LogP contribution in [0, 0.1) is 0 Å². The summed E-state index contributed by atoms with van der Waals surface area (Å²) in [6.45, 7) is 0. The Morgan fingerprint density at radius 2 is 0.800 bits per heavy atom. The standard InChI is InChI=1S/C16H6Br2S2Se.C16H8S2Se/c17-15-3-7-1-13-9(5-11(7)19-15)10-6-12-8(2-14(10)21-13)4-16(18)20-12;1-3-17-13-7-11-12-8-14-10(2-4-18-14)6-16(12)19-15(11)5-9(1)13/h1-6H;1-8H. The zero-order valence-corrected chi connectivity index (χ0v) is 30.2. The molecule has 0 bridgehead atoms. The van der Waals surface area contributed by atoms with Crippen LogP contribution < -0.4 is 0 Å². The van der Waals surface area contributed by atoms with E-state index in [1.807, 2.05) is 45.3 Å². The summed E-state index contributed by atoms with van der Waals surface area (Å²) in [6.07, 6.45) is 0. The van der Waals surface area contributed by atoms with Crippen molar-refractivity contribution in [1.29, 1.82) is 0 Å². The van der Waals surface area contributed by atoms with Gasteiger partial charge in [-0.05, 0) is 0 Å². The van der Waals surface area contributed by atoms with E-state index in [1.54, 1.807) is 8.52 Å². The van der Waals surface area contributed by atoms with Crippen molar-refractivity contribution in [2.24, 2.45) is 0 Å². The molecule has 0 unspecified atom stereocenters. The molecule has 0 aliphatic heterocycles. The van der Waals surface area contributed by atoms with Gasteiger partial charge in [-0.2, -0.15) is 0 Å². The van der Waals surface area contributed by atoms with Crippen molar-refractivity contribution in [2.75, 3.05) is 0 Å². The maximum atomic E-state index is 3.60. The van der Waals surface area contributed by atoms with Crippen LogP contribution in [0.1, 0.15) is 0 Å². The first-order chi connectivity index (χ1) is 19.6. The maximum absolute atomic E-state index is 3.60. The first kappa shape index (κ1) is 25.2. The molecule has 6 heterocycles. The van der Waals surface area contributed by atoms with Crippen LogP contribution in [0.15, 0.2) is 91.1 Å². The molecule has 0 nitrogen and oxygen atoms in total. The van der Waals surface area contributed by atoms with Crippen LogP contribution in [0.3, 0.4) is 0 Å². The fourth-order valence-electron chi connectivity index (χ4n) is 5.46. The van der Waals surface area contributed by atoms with Gasteiger partial charge in [0.1, 0.15) is 0 Å². The van der Waals surface area contributed by atoms with Crippen molar-refractivity contribution in [3.63, 3.8) is 0 Å². The van der Waals surface area contributed by atoms with E-state index in [2.05, 4.69) is 115 Å². The van der Waals surface area contributed by atoms with Crippen LogP contribution >= 0.6 is 77.2 Å². The summed E-state index contributed by atoms with van der Waals surface area (Å²) in [4.78, 5) is 0. The topological polar surface area (TPSA) is 0 Å². The number of benzene rings is 4. The number of halogens is 2. The Bertz CT molecular complexity index is 2410. The van der Waals surface area contributed by atoms with Gasteiger partial charge < -0.3 is 0 Å². The molecule has 8 heteroatoms. The summed E-state index contributed by atoms with van der Waals surface area (Å²) in [7, 11) is 0. The second kappa shape index (κ2) is 9.62. The van der Waals surface area contributed by atoms with Crippen molar-refractivity contribution in [1.82, 2.24) is 0 Å². The van der Waals surface area contributed by atoms with Crippen LogP contribution in [-0.4, -0.2) is 29.0 Å². The van der Waals surface area contributed by atoms with Gasteiger partial charge in [0, 0.05) is 0 Å². The van der Waals surface area contributed by atoms with Crippen LogP contribution in [0.4, 0.5) is 0 Å². The third kappa shape index (κ3) is 4.11. The third-order valence-electron chi connectivity index (χ3n) is 7.31. The molecule has 10 aromatic rings. The number of hydrogen-bond donors (Lipinski definition) is 0. The van der Waals surface area contributed by atoms with Crippen LogP contribution in [-0.2, 0) is 0 Å². The predicted molar refractivity (Wildman–Crippen MR) is 194 cm³/mol. The molecule has 0 radical (unpaired) electrons. The molecule has 0 atom stereocenters. The molecule has 0 spiro atoms. The molecule has 0 amide bonds. The summed E-state index contributed by atoms with van der Waals surface area (Å²) >= 11 is 15.4. The average Bonchev–Trinajstić information content (AvgIpc) is 3.76. The summed E-state index contributed by atoms with van der Waals surface area (Å²) in [5, 5.41) is 15.7. The van der Waals surface area contributed by atoms with Gasteiger partial charge in [-0.3, -0.25) is 0 Å². The van der Waals surface area contributed by atoms with Gasteiger partial charge in [-0.15, -0.1) is 0 Å². The minimum absolute atomic E-state index is 0.426. The van der Waals surface area contributed by atoms with E-state index in [0.29, 0.717) is 29.0 Å². The Balaban J connectivity index is 0.000000116. The number of rotatable bonds is 0. The van der Waals surface area contributed by atoms with Crippen molar-refractivity contribution >= 4 is 185 Å². The van der Waals surface area contributed by atoms with Crippen LogP contribution in [0.5, 0.6) is 0 Å². The summed E-state index contributed by atoms with van der Waals surface area (Å²) in [5.74, 6) is 0. The number of hydrogen-bond acceptors (Lipinski definition) is 4. The SMILES string of the molecule is Brc1cc2cc3[se]c4cc5cc(Br)sc5cc4c3cc2s1.c1cc2cc3[se]c4cc5ccsc5cc4c3cc2s1. The molecular formula is C32H14Br2S4Se2. The molecular weight excluding hydrogens is 830 g/mol. The van der Waals surface area contributed by atoms with Crippen molar-refractivity contribution in [2.45, 2.75) is 0 Å². The van der Waals surface area contributed by atoms with Crippen molar-refractivity contribution in [3.05, 3.63) is 91.1 Å². The first-order valence-corrected chi connectivity index (χ1v) is 20.8. The van der Waals surface area contributed by atoms with Crippen molar-refractivity contribution < 1.29 is 0 Å². The van der Waals surface area contributed by atoms with E-state index in [9.17, 15) is 0 Å². The normalized spacial score (nSPS) is 12.2. The molecule has 0 aliphatic rings. The number of thiophene rings is 4. The molecule has 0 fully saturated rings. The first-order valence-electron chi connectivity index (χ1n) is 12.4. The Hall–Kier alpha value is -1.28. The minimum atomic E-state index is 0.426. The fourth-order valence-corrected chi connectivity index (χ4v) is 15.1. The number of fused-ring (bicyclic) bond motifs is 10. The molecule has 0 saturated carbocycles. The summed E-state index contributed by atoms with van der Waals surface area (Å²) < 4.78 is 14.1. The molecule has 0 aliphatic carbocycles. The van der Waals surface area contributed by atoms with Gasteiger partial charge in [0.25, 0.3) is 0 Å². The fraction of sp³-hybridized carbons (Fsp3) is 0. The Kier molecular flexibility index (Phi) is 6.07. The quantitative estimate of drug-likeness (QED) is 0.133. The zero-order valence-electron chi connectivity index (χ0n) is 20.3. The molecule has 0 N–H and O–H groups in total. The van der Waals surface area contributed by atoms with Crippen molar-refractivity contribution in [3.8, 4) is 0 Å². The Morgan fingerprint density at radius 1 is 0.425 bits per heavy atom. The van der Waals surface area contributed by atoms with E-state index in [-0.39, 0.29) is 0 Å².